The lowest BCUT2D eigenvalue weighted by molar-refractivity contribution is 0.515. The topological polar surface area (TPSA) is 12.0 Å². The van der Waals surface area contributed by atoms with Crippen molar-refractivity contribution in [2.75, 3.05) is 13.6 Å². The van der Waals surface area contributed by atoms with Crippen LogP contribution in [-0.4, -0.2) is 13.6 Å². The third kappa shape index (κ3) is 4.54. The fourth-order valence-electron chi connectivity index (χ4n) is 1.56. The van der Waals surface area contributed by atoms with E-state index >= 15 is 0 Å². The lowest BCUT2D eigenvalue weighted by atomic mass is 9.98. The predicted molar refractivity (Wildman–Crippen MR) is 70.6 cm³/mol. The second-order valence-electron chi connectivity index (χ2n) is 3.94. The number of hydrogen-bond donors (Lipinski definition) is 1. The maximum Gasteiger partial charge on any atom is 0.0449 e. The first-order chi connectivity index (χ1) is 7.13. The zero-order chi connectivity index (χ0) is 11.3. The van der Waals surface area contributed by atoms with Crippen molar-refractivity contribution in [3.05, 3.63) is 33.3 Å². The van der Waals surface area contributed by atoms with Crippen molar-refractivity contribution in [1.29, 1.82) is 0 Å². The van der Waals surface area contributed by atoms with Crippen molar-refractivity contribution in [1.82, 2.24) is 5.32 Å². The van der Waals surface area contributed by atoms with Crippen molar-refractivity contribution in [2.24, 2.45) is 5.92 Å². The van der Waals surface area contributed by atoms with Crippen LogP contribution in [0.4, 0.5) is 0 Å². The molecular weight excluding hydrogens is 273 g/mol. The molecule has 0 saturated carbocycles. The molecule has 0 aromatic heterocycles. The van der Waals surface area contributed by atoms with Gasteiger partial charge in [0.1, 0.15) is 0 Å². The van der Waals surface area contributed by atoms with E-state index in [0.717, 1.165) is 22.5 Å². The first-order valence-corrected chi connectivity index (χ1v) is 6.39. The van der Waals surface area contributed by atoms with E-state index in [1.807, 2.05) is 19.2 Å². The van der Waals surface area contributed by atoms with Crippen LogP contribution in [0.1, 0.15) is 18.9 Å². The molecule has 1 rings (SSSR count). The normalized spacial score (nSPS) is 12.8. The van der Waals surface area contributed by atoms with Crippen molar-refractivity contribution < 1.29 is 0 Å². The number of rotatable bonds is 5. The highest BCUT2D eigenvalue weighted by Crippen LogP contribution is 2.24. The van der Waals surface area contributed by atoms with E-state index in [2.05, 4.69) is 34.2 Å². The van der Waals surface area contributed by atoms with Crippen molar-refractivity contribution in [3.8, 4) is 0 Å². The van der Waals surface area contributed by atoms with Crippen LogP contribution in [0.2, 0.25) is 5.02 Å². The lowest BCUT2D eigenvalue weighted by Crippen LogP contribution is -2.12. The van der Waals surface area contributed by atoms with E-state index in [1.54, 1.807) is 0 Å². The second kappa shape index (κ2) is 6.51. The Morgan fingerprint density at radius 3 is 2.80 bits per heavy atom. The van der Waals surface area contributed by atoms with Gasteiger partial charge in [-0.3, -0.25) is 0 Å². The minimum atomic E-state index is 0.663. The maximum absolute atomic E-state index is 6.16. The van der Waals surface area contributed by atoms with Gasteiger partial charge in [-0.1, -0.05) is 40.5 Å². The van der Waals surface area contributed by atoms with Gasteiger partial charge in [0.2, 0.25) is 0 Å². The van der Waals surface area contributed by atoms with Gasteiger partial charge in [0.15, 0.2) is 0 Å². The summed E-state index contributed by atoms with van der Waals surface area (Å²) >= 11 is 9.57. The quantitative estimate of drug-likeness (QED) is 0.867. The third-order valence-electron chi connectivity index (χ3n) is 2.47. The van der Waals surface area contributed by atoms with Gasteiger partial charge >= 0.3 is 0 Å². The highest BCUT2D eigenvalue weighted by Gasteiger charge is 2.06. The molecule has 0 bridgehead atoms. The Morgan fingerprint density at radius 1 is 1.47 bits per heavy atom. The van der Waals surface area contributed by atoms with Gasteiger partial charge in [-0.05, 0) is 50.0 Å². The summed E-state index contributed by atoms with van der Waals surface area (Å²) in [6, 6.07) is 6.11. The molecule has 0 radical (unpaired) electrons. The van der Waals surface area contributed by atoms with E-state index in [-0.39, 0.29) is 0 Å². The summed E-state index contributed by atoms with van der Waals surface area (Å²) in [6.45, 7) is 3.32. The lowest BCUT2D eigenvalue weighted by Gasteiger charge is -2.12. The first kappa shape index (κ1) is 13.0. The molecule has 0 aliphatic heterocycles. The number of benzene rings is 1. The average molecular weight is 291 g/mol. The second-order valence-corrected chi connectivity index (χ2v) is 5.26. The smallest absolute Gasteiger partial charge is 0.0449 e. The Morgan fingerprint density at radius 2 is 2.20 bits per heavy atom. The highest BCUT2D eigenvalue weighted by molar-refractivity contribution is 9.10. The van der Waals surface area contributed by atoms with Crippen molar-refractivity contribution in [3.63, 3.8) is 0 Å². The number of nitrogens with one attached hydrogen (secondary N) is 1. The first-order valence-electron chi connectivity index (χ1n) is 5.22. The molecule has 0 aliphatic rings. The summed E-state index contributed by atoms with van der Waals surface area (Å²) in [4.78, 5) is 0. The van der Waals surface area contributed by atoms with Gasteiger partial charge in [-0.15, -0.1) is 0 Å². The van der Waals surface area contributed by atoms with Crippen LogP contribution in [0.5, 0.6) is 0 Å². The minimum Gasteiger partial charge on any atom is -0.320 e. The van der Waals surface area contributed by atoms with E-state index in [1.165, 1.54) is 12.0 Å². The summed E-state index contributed by atoms with van der Waals surface area (Å²) in [5.74, 6) is 0.663. The monoisotopic (exact) mass is 289 g/mol. The molecule has 0 saturated heterocycles. The largest absolute Gasteiger partial charge is 0.320 e. The summed E-state index contributed by atoms with van der Waals surface area (Å²) in [6.07, 6.45) is 2.23. The molecular formula is C12H17BrClN. The predicted octanol–water partition coefficient (Wildman–Crippen LogP) is 3.89. The van der Waals surface area contributed by atoms with Crippen LogP contribution in [-0.2, 0) is 6.42 Å². The van der Waals surface area contributed by atoms with Crippen LogP contribution in [0.25, 0.3) is 0 Å². The number of halogens is 2. The molecule has 1 aromatic rings. The van der Waals surface area contributed by atoms with Crippen LogP contribution in [0.3, 0.4) is 0 Å². The zero-order valence-corrected chi connectivity index (χ0v) is 11.5. The Kier molecular flexibility index (Phi) is 5.65. The van der Waals surface area contributed by atoms with Crippen molar-refractivity contribution >= 4 is 27.5 Å². The molecule has 0 heterocycles. The molecule has 3 heteroatoms. The van der Waals surface area contributed by atoms with Crippen molar-refractivity contribution in [2.45, 2.75) is 19.8 Å². The highest BCUT2D eigenvalue weighted by atomic mass is 79.9. The fraction of sp³-hybridized carbons (Fsp3) is 0.500. The van der Waals surface area contributed by atoms with E-state index in [4.69, 9.17) is 11.6 Å². The molecule has 1 N–H and O–H groups in total. The molecule has 0 aliphatic carbocycles. The van der Waals surface area contributed by atoms with Gasteiger partial charge in [-0.25, -0.2) is 0 Å². The molecule has 1 nitrogen and oxygen atoms in total. The minimum absolute atomic E-state index is 0.663. The zero-order valence-electron chi connectivity index (χ0n) is 9.19. The van der Waals surface area contributed by atoms with Gasteiger partial charge in [0.05, 0.1) is 0 Å². The van der Waals surface area contributed by atoms with Crippen LogP contribution in [0.15, 0.2) is 22.7 Å². The summed E-state index contributed by atoms with van der Waals surface area (Å²) in [5.41, 5.74) is 1.24. The van der Waals surface area contributed by atoms with Crippen LogP contribution >= 0.6 is 27.5 Å². The molecule has 84 valence electrons. The third-order valence-corrected chi connectivity index (χ3v) is 3.32. The Balaban J connectivity index is 2.56. The molecule has 0 fully saturated rings. The van der Waals surface area contributed by atoms with Gasteiger partial charge < -0.3 is 5.32 Å². The van der Waals surface area contributed by atoms with Gasteiger partial charge in [0.25, 0.3) is 0 Å². The molecule has 1 unspecified atom stereocenters. The SMILES string of the molecule is CNCCC(C)Cc1ccc(Br)cc1Cl. The Bertz CT molecular complexity index is 314. The average Bonchev–Trinajstić information content (AvgIpc) is 2.19. The van der Waals surface area contributed by atoms with Gasteiger partial charge in [0, 0.05) is 9.50 Å². The summed E-state index contributed by atoms with van der Waals surface area (Å²) in [7, 11) is 1.99. The van der Waals surface area contributed by atoms with Gasteiger partial charge in [-0.2, -0.15) is 0 Å². The van der Waals surface area contributed by atoms with Crippen LogP contribution < -0.4 is 5.32 Å². The maximum atomic E-state index is 6.16. The van der Waals surface area contributed by atoms with E-state index < -0.39 is 0 Å². The number of hydrogen-bond acceptors (Lipinski definition) is 1. The van der Waals surface area contributed by atoms with Crippen LogP contribution in [0, 0.1) is 5.92 Å². The fourth-order valence-corrected chi connectivity index (χ4v) is 2.31. The molecule has 1 aromatic carbocycles. The summed E-state index contributed by atoms with van der Waals surface area (Å²) < 4.78 is 1.04. The summed E-state index contributed by atoms with van der Waals surface area (Å²) in [5, 5.41) is 4.03. The molecule has 0 spiro atoms. The molecule has 0 amide bonds. The molecule has 15 heavy (non-hydrogen) atoms. The van der Waals surface area contributed by atoms with E-state index in [9.17, 15) is 0 Å². The van der Waals surface area contributed by atoms with E-state index in [0.29, 0.717) is 5.92 Å². The molecule has 1 atom stereocenters. The standard InChI is InChI=1S/C12H17BrClN/c1-9(5-6-15-2)7-10-3-4-11(13)8-12(10)14/h3-4,8-9,15H,5-7H2,1-2H3. The Hall–Kier alpha value is -0.0500. The Labute approximate surface area is 105 Å².